The molecule has 0 bridgehead atoms. The molecule has 1 rings (SSSR count). The van der Waals surface area contributed by atoms with Gasteiger partial charge in [-0.1, -0.05) is 30.3 Å². The summed E-state index contributed by atoms with van der Waals surface area (Å²) in [6.07, 6.45) is -1.35. The lowest BCUT2D eigenvalue weighted by molar-refractivity contribution is -0.142. The number of benzene rings is 1. The van der Waals surface area contributed by atoms with Gasteiger partial charge in [-0.3, -0.25) is 24.0 Å². The highest BCUT2D eigenvalue weighted by Crippen LogP contribution is 2.06. The van der Waals surface area contributed by atoms with Crippen molar-refractivity contribution in [3.8, 4) is 0 Å². The molecule has 0 saturated carbocycles. The van der Waals surface area contributed by atoms with Crippen molar-refractivity contribution < 1.29 is 39.0 Å². The lowest BCUT2D eigenvalue weighted by atomic mass is 10.0. The van der Waals surface area contributed by atoms with Crippen LogP contribution in [0.3, 0.4) is 0 Å². The smallest absolute Gasteiger partial charge is 0.326 e. The van der Waals surface area contributed by atoms with Gasteiger partial charge in [0.1, 0.15) is 24.2 Å². The van der Waals surface area contributed by atoms with E-state index in [0.29, 0.717) is 5.56 Å². The molecule has 0 aliphatic carbocycles. The topological polar surface area (TPSA) is 257 Å². The van der Waals surface area contributed by atoms with Crippen molar-refractivity contribution in [1.82, 2.24) is 16.0 Å². The normalized spacial score (nSPS) is 14.0. The van der Waals surface area contributed by atoms with Crippen molar-refractivity contribution in [2.45, 2.75) is 49.9 Å². The molecule has 14 nitrogen and oxygen atoms in total. The summed E-state index contributed by atoms with van der Waals surface area (Å²) in [4.78, 5) is 71.9. The highest BCUT2D eigenvalue weighted by molar-refractivity contribution is 5.96. The molecule has 0 aliphatic rings. The largest absolute Gasteiger partial charge is 0.480 e. The minimum atomic E-state index is -1.59. The number of carbonyl (C=O) groups is 6. The summed E-state index contributed by atoms with van der Waals surface area (Å²) in [6.45, 7) is -0.722. The van der Waals surface area contributed by atoms with Gasteiger partial charge in [0.2, 0.25) is 29.5 Å². The molecule has 4 atom stereocenters. The van der Waals surface area contributed by atoms with Crippen LogP contribution >= 0.6 is 0 Å². The average Bonchev–Trinajstić information content (AvgIpc) is 2.80. The Balaban J connectivity index is 3.02. The van der Waals surface area contributed by atoms with E-state index in [4.69, 9.17) is 22.3 Å². The van der Waals surface area contributed by atoms with Crippen molar-refractivity contribution in [2.75, 3.05) is 6.61 Å². The number of hydrogen-bond donors (Lipinski definition) is 8. The molecular weight excluding hydrogens is 464 g/mol. The molecule has 0 aromatic heterocycles. The van der Waals surface area contributed by atoms with Gasteiger partial charge in [0.15, 0.2) is 0 Å². The van der Waals surface area contributed by atoms with E-state index >= 15 is 0 Å². The first kappa shape index (κ1) is 29.0. The summed E-state index contributed by atoms with van der Waals surface area (Å²) in [5.74, 6) is -6.01. The Bertz CT molecular complexity index is 926. The number of nitrogens with two attached hydrogens (primary N) is 3. The molecule has 14 heteroatoms. The van der Waals surface area contributed by atoms with Crippen LogP contribution in [-0.2, 0) is 35.2 Å². The van der Waals surface area contributed by atoms with E-state index in [1.165, 1.54) is 0 Å². The molecule has 5 amide bonds. The minimum Gasteiger partial charge on any atom is -0.480 e. The third-order valence-corrected chi connectivity index (χ3v) is 4.78. The van der Waals surface area contributed by atoms with Gasteiger partial charge in [-0.05, 0) is 12.0 Å². The van der Waals surface area contributed by atoms with Gasteiger partial charge in [-0.25, -0.2) is 4.79 Å². The standard InChI is InChI=1S/C21H30N6O8/c22-12(10-28)18(31)25-13(6-7-16(23)29)19(32)26-14(9-17(24)30)20(33)27-15(21(34)35)8-11-4-2-1-3-5-11/h1-5,12-15,28H,6-10,22H2,(H2,23,29)(H2,24,30)(H,25,31)(H,26,32)(H,27,33)(H,34,35). The molecule has 0 aliphatic heterocycles. The van der Waals surface area contributed by atoms with Crippen molar-refractivity contribution in [1.29, 1.82) is 0 Å². The number of amides is 5. The molecular formula is C21H30N6O8. The van der Waals surface area contributed by atoms with Crippen LogP contribution in [0.1, 0.15) is 24.8 Å². The first-order valence-corrected chi connectivity index (χ1v) is 10.6. The van der Waals surface area contributed by atoms with Crippen LogP contribution in [0.2, 0.25) is 0 Å². The number of carbonyl (C=O) groups excluding carboxylic acids is 5. The number of rotatable bonds is 15. The molecule has 0 radical (unpaired) electrons. The number of aliphatic hydroxyl groups excluding tert-OH is 1. The van der Waals surface area contributed by atoms with Gasteiger partial charge in [0.25, 0.3) is 0 Å². The number of nitrogens with one attached hydrogen (secondary N) is 3. The molecule has 0 fully saturated rings. The summed E-state index contributed by atoms with van der Waals surface area (Å²) >= 11 is 0. The number of aliphatic hydroxyl groups is 1. The molecule has 4 unspecified atom stereocenters. The molecule has 1 aromatic carbocycles. The first-order chi connectivity index (χ1) is 16.4. The van der Waals surface area contributed by atoms with Crippen molar-refractivity contribution in [2.24, 2.45) is 17.2 Å². The van der Waals surface area contributed by atoms with Gasteiger partial charge in [-0.15, -0.1) is 0 Å². The lowest BCUT2D eigenvalue weighted by Gasteiger charge is -2.24. The zero-order valence-corrected chi connectivity index (χ0v) is 18.8. The number of carboxylic acid groups (broad SMARTS) is 1. The quantitative estimate of drug-likeness (QED) is 0.119. The predicted molar refractivity (Wildman–Crippen MR) is 121 cm³/mol. The van der Waals surface area contributed by atoms with E-state index in [1.807, 2.05) is 0 Å². The lowest BCUT2D eigenvalue weighted by Crippen LogP contribution is -2.58. The van der Waals surface area contributed by atoms with Crippen molar-refractivity contribution in [3.05, 3.63) is 35.9 Å². The van der Waals surface area contributed by atoms with E-state index in [2.05, 4.69) is 16.0 Å². The molecule has 1 aromatic rings. The van der Waals surface area contributed by atoms with Crippen LogP contribution in [0.25, 0.3) is 0 Å². The van der Waals surface area contributed by atoms with Gasteiger partial charge >= 0.3 is 5.97 Å². The van der Waals surface area contributed by atoms with E-state index in [-0.39, 0.29) is 19.3 Å². The molecule has 0 saturated heterocycles. The number of carboxylic acids is 1. The molecule has 192 valence electrons. The maximum absolute atomic E-state index is 12.8. The highest BCUT2D eigenvalue weighted by Gasteiger charge is 2.31. The number of primary amides is 2. The van der Waals surface area contributed by atoms with Gasteiger partial charge < -0.3 is 43.4 Å². The second-order valence-electron chi connectivity index (χ2n) is 7.68. The van der Waals surface area contributed by atoms with Crippen LogP contribution in [0, 0.1) is 0 Å². The average molecular weight is 495 g/mol. The van der Waals surface area contributed by atoms with Crippen LogP contribution < -0.4 is 33.2 Å². The Hall–Kier alpha value is -4.04. The summed E-state index contributed by atoms with van der Waals surface area (Å²) < 4.78 is 0. The van der Waals surface area contributed by atoms with E-state index in [0.717, 1.165) is 0 Å². The van der Waals surface area contributed by atoms with Crippen molar-refractivity contribution in [3.63, 3.8) is 0 Å². The van der Waals surface area contributed by atoms with Crippen LogP contribution in [0.15, 0.2) is 30.3 Å². The third-order valence-electron chi connectivity index (χ3n) is 4.78. The van der Waals surface area contributed by atoms with Gasteiger partial charge in [-0.2, -0.15) is 0 Å². The van der Waals surface area contributed by atoms with Crippen LogP contribution in [-0.4, -0.2) is 76.5 Å². The maximum Gasteiger partial charge on any atom is 0.326 e. The molecule has 35 heavy (non-hydrogen) atoms. The van der Waals surface area contributed by atoms with E-state index in [1.54, 1.807) is 30.3 Å². The SMILES string of the molecule is NC(=O)CCC(NC(=O)C(N)CO)C(=O)NC(CC(N)=O)C(=O)NC(Cc1ccccc1)C(=O)O. The Morgan fingerprint density at radius 2 is 1.34 bits per heavy atom. The van der Waals surface area contributed by atoms with Crippen LogP contribution in [0.4, 0.5) is 0 Å². The highest BCUT2D eigenvalue weighted by atomic mass is 16.4. The Labute approximate surface area is 200 Å². The molecule has 0 heterocycles. The Morgan fingerprint density at radius 1 is 0.800 bits per heavy atom. The first-order valence-electron chi connectivity index (χ1n) is 10.6. The van der Waals surface area contributed by atoms with E-state index < -0.39 is 72.7 Å². The van der Waals surface area contributed by atoms with Gasteiger partial charge in [0, 0.05) is 12.8 Å². The second-order valence-corrected chi connectivity index (χ2v) is 7.68. The van der Waals surface area contributed by atoms with Crippen LogP contribution in [0.5, 0.6) is 0 Å². The summed E-state index contributed by atoms with van der Waals surface area (Å²) in [5.41, 5.74) is 16.3. The second kappa shape index (κ2) is 14.3. The summed E-state index contributed by atoms with van der Waals surface area (Å²) in [5, 5.41) is 25.2. The fraction of sp³-hybridized carbons (Fsp3) is 0.429. The Kier molecular flexibility index (Phi) is 11.8. The molecule has 11 N–H and O–H groups in total. The maximum atomic E-state index is 12.8. The zero-order chi connectivity index (χ0) is 26.5. The zero-order valence-electron chi connectivity index (χ0n) is 18.8. The summed E-state index contributed by atoms with van der Waals surface area (Å²) in [7, 11) is 0. The van der Waals surface area contributed by atoms with Crippen molar-refractivity contribution >= 4 is 35.5 Å². The van der Waals surface area contributed by atoms with E-state index in [9.17, 15) is 33.9 Å². The number of aliphatic carboxylic acids is 1. The third kappa shape index (κ3) is 10.6. The minimum absolute atomic E-state index is 0.0739. The monoisotopic (exact) mass is 494 g/mol. The fourth-order valence-electron chi connectivity index (χ4n) is 2.92. The van der Waals surface area contributed by atoms with Gasteiger partial charge in [0.05, 0.1) is 13.0 Å². The Morgan fingerprint density at radius 3 is 1.86 bits per heavy atom. The number of hydrogen-bond acceptors (Lipinski definition) is 8. The summed E-state index contributed by atoms with van der Waals surface area (Å²) in [6, 6.07) is 2.69. The predicted octanol–water partition coefficient (Wildman–Crippen LogP) is -3.77. The molecule has 0 spiro atoms. The fourth-order valence-corrected chi connectivity index (χ4v) is 2.92.